The van der Waals surface area contributed by atoms with Crippen LogP contribution < -0.4 is 10.9 Å². The molecule has 0 bridgehead atoms. The molecule has 0 radical (unpaired) electrons. The third kappa shape index (κ3) is 4.12. The van der Waals surface area contributed by atoms with Crippen molar-refractivity contribution in [3.8, 4) is 11.1 Å². The van der Waals surface area contributed by atoms with Crippen LogP contribution in [0.15, 0.2) is 46.9 Å². The highest BCUT2D eigenvalue weighted by Crippen LogP contribution is 2.36. The van der Waals surface area contributed by atoms with Crippen LogP contribution in [0.1, 0.15) is 11.8 Å². The molecule has 1 aromatic carbocycles. The number of thiophene rings is 1. The molecule has 2 N–H and O–H groups in total. The number of carbonyl (C=O) groups is 1. The number of hydrogen-bond donors (Lipinski definition) is 2. The second kappa shape index (κ2) is 8.06. The Kier molecular flexibility index (Phi) is 5.76. The summed E-state index contributed by atoms with van der Waals surface area (Å²) in [5, 5.41) is 3.18. The maximum absolute atomic E-state index is 13.2. The molecule has 0 saturated carbocycles. The van der Waals surface area contributed by atoms with E-state index in [0.29, 0.717) is 21.9 Å². The molecule has 1 amide bonds. The number of rotatable bonds is 6. The maximum atomic E-state index is 13.2. The van der Waals surface area contributed by atoms with Crippen LogP contribution in [0.3, 0.4) is 0 Å². The predicted octanol–water partition coefficient (Wildman–Crippen LogP) is 3.88. The van der Waals surface area contributed by atoms with Crippen LogP contribution in [-0.4, -0.2) is 27.7 Å². The number of fused-ring (bicyclic) bond motifs is 1. The van der Waals surface area contributed by atoms with Gasteiger partial charge in [0.25, 0.3) is 5.56 Å². The van der Waals surface area contributed by atoms with Crippen molar-refractivity contribution in [1.82, 2.24) is 15.3 Å². The molecule has 0 spiro atoms. The molecule has 2 aromatic heterocycles. The van der Waals surface area contributed by atoms with Crippen LogP contribution in [0.25, 0.3) is 21.3 Å². The molecule has 8 heteroatoms. The number of halogens is 1. The van der Waals surface area contributed by atoms with E-state index in [4.69, 9.17) is 0 Å². The van der Waals surface area contributed by atoms with Gasteiger partial charge in [0.05, 0.1) is 10.6 Å². The van der Waals surface area contributed by atoms with Gasteiger partial charge in [0.1, 0.15) is 10.6 Å². The number of aryl methyl sites for hydroxylation is 1. The molecule has 0 unspecified atom stereocenters. The van der Waals surface area contributed by atoms with Gasteiger partial charge in [-0.15, -0.1) is 17.9 Å². The van der Waals surface area contributed by atoms with E-state index in [-0.39, 0.29) is 17.3 Å². The highest BCUT2D eigenvalue weighted by molar-refractivity contribution is 8.00. The van der Waals surface area contributed by atoms with Crippen LogP contribution in [0.2, 0.25) is 0 Å². The Balaban J connectivity index is 1.97. The molecular weight excluding hydrogens is 385 g/mol. The van der Waals surface area contributed by atoms with Crippen molar-refractivity contribution >= 4 is 39.2 Å². The van der Waals surface area contributed by atoms with Crippen molar-refractivity contribution in [2.24, 2.45) is 0 Å². The van der Waals surface area contributed by atoms with Crippen LogP contribution in [0.5, 0.6) is 0 Å². The number of amides is 1. The molecule has 3 rings (SSSR count). The van der Waals surface area contributed by atoms with E-state index >= 15 is 0 Å². The van der Waals surface area contributed by atoms with Gasteiger partial charge in [-0.25, -0.2) is 9.37 Å². The highest BCUT2D eigenvalue weighted by atomic mass is 32.2. The summed E-state index contributed by atoms with van der Waals surface area (Å²) in [4.78, 5) is 33.5. The SMILES string of the molecule is C=CCNC(=O)[C@@H](C)Sc1nc2sc(C)c(-c3ccc(F)cc3)c2c(=O)[nH]1. The van der Waals surface area contributed by atoms with Gasteiger partial charge in [-0.05, 0) is 31.5 Å². The smallest absolute Gasteiger partial charge is 0.260 e. The minimum atomic E-state index is -0.414. The summed E-state index contributed by atoms with van der Waals surface area (Å²) < 4.78 is 13.2. The Morgan fingerprint density at radius 1 is 1.44 bits per heavy atom. The Hall–Kier alpha value is -2.45. The second-order valence-corrected chi connectivity index (χ2v) is 8.42. The zero-order chi connectivity index (χ0) is 19.6. The molecule has 0 fully saturated rings. The second-order valence-electron chi connectivity index (χ2n) is 5.89. The van der Waals surface area contributed by atoms with E-state index in [1.807, 2.05) is 6.92 Å². The fourth-order valence-electron chi connectivity index (χ4n) is 2.66. The van der Waals surface area contributed by atoms with Crippen molar-refractivity contribution in [1.29, 1.82) is 0 Å². The fourth-order valence-corrected chi connectivity index (χ4v) is 4.58. The zero-order valence-corrected chi connectivity index (χ0v) is 16.5. The molecule has 27 heavy (non-hydrogen) atoms. The van der Waals surface area contributed by atoms with Gasteiger partial charge >= 0.3 is 0 Å². The third-order valence-corrected chi connectivity index (χ3v) is 5.91. The van der Waals surface area contributed by atoms with Gasteiger partial charge in [0.2, 0.25) is 5.91 Å². The van der Waals surface area contributed by atoms with E-state index in [2.05, 4.69) is 21.9 Å². The number of H-pyrrole nitrogens is 1. The Morgan fingerprint density at radius 2 is 2.15 bits per heavy atom. The number of carbonyl (C=O) groups excluding carboxylic acids is 1. The molecule has 1 atom stereocenters. The molecular formula is C19H18FN3O2S2. The van der Waals surface area contributed by atoms with Gasteiger partial charge in [-0.1, -0.05) is 30.0 Å². The molecule has 0 saturated heterocycles. The first-order valence-electron chi connectivity index (χ1n) is 8.25. The zero-order valence-electron chi connectivity index (χ0n) is 14.8. The Morgan fingerprint density at radius 3 is 2.81 bits per heavy atom. The van der Waals surface area contributed by atoms with E-state index in [1.54, 1.807) is 25.1 Å². The van der Waals surface area contributed by atoms with Gasteiger partial charge in [0, 0.05) is 17.0 Å². The standard InChI is InChI=1S/C19H18FN3O2S2/c1-4-9-21-16(24)11(3)27-19-22-17(25)15-14(10(2)26-18(15)23-19)12-5-7-13(20)8-6-12/h4-8,11H,1,9H2,2-3H3,(H,21,24)(H,22,23,25)/t11-/m1/s1. The van der Waals surface area contributed by atoms with Crippen molar-refractivity contribution in [2.45, 2.75) is 24.3 Å². The molecule has 5 nitrogen and oxygen atoms in total. The number of aromatic amines is 1. The van der Waals surface area contributed by atoms with Gasteiger partial charge < -0.3 is 10.3 Å². The van der Waals surface area contributed by atoms with Crippen molar-refractivity contribution in [3.63, 3.8) is 0 Å². The number of nitrogens with zero attached hydrogens (tertiary/aromatic N) is 1. The summed E-state index contributed by atoms with van der Waals surface area (Å²) in [5.41, 5.74) is 1.26. The molecule has 2 heterocycles. The summed E-state index contributed by atoms with van der Waals surface area (Å²) in [6, 6.07) is 6.04. The summed E-state index contributed by atoms with van der Waals surface area (Å²) in [6.07, 6.45) is 1.60. The lowest BCUT2D eigenvalue weighted by Gasteiger charge is -2.10. The Bertz CT molecular complexity index is 1060. The van der Waals surface area contributed by atoms with Crippen molar-refractivity contribution in [3.05, 3.63) is 58.0 Å². The lowest BCUT2D eigenvalue weighted by molar-refractivity contribution is -0.120. The summed E-state index contributed by atoms with van der Waals surface area (Å²) in [5.74, 6) is -0.484. The Labute approximate surface area is 163 Å². The summed E-state index contributed by atoms with van der Waals surface area (Å²) in [7, 11) is 0. The largest absolute Gasteiger partial charge is 0.352 e. The predicted molar refractivity (Wildman–Crippen MR) is 109 cm³/mol. The van der Waals surface area contributed by atoms with Crippen LogP contribution in [0, 0.1) is 12.7 Å². The number of nitrogens with one attached hydrogen (secondary N) is 2. The van der Waals surface area contributed by atoms with Crippen LogP contribution in [0.4, 0.5) is 4.39 Å². The quantitative estimate of drug-likeness (QED) is 0.372. The fraction of sp³-hybridized carbons (Fsp3) is 0.211. The van der Waals surface area contributed by atoms with Gasteiger partial charge in [0.15, 0.2) is 5.16 Å². The first-order valence-corrected chi connectivity index (χ1v) is 9.95. The van der Waals surface area contributed by atoms with E-state index < -0.39 is 5.25 Å². The average molecular weight is 404 g/mol. The minimum Gasteiger partial charge on any atom is -0.352 e. The molecule has 0 aliphatic heterocycles. The summed E-state index contributed by atoms with van der Waals surface area (Å²) >= 11 is 2.59. The number of benzene rings is 1. The highest BCUT2D eigenvalue weighted by Gasteiger charge is 2.19. The maximum Gasteiger partial charge on any atom is 0.260 e. The first-order chi connectivity index (χ1) is 12.9. The van der Waals surface area contributed by atoms with Crippen LogP contribution in [-0.2, 0) is 4.79 Å². The average Bonchev–Trinajstić information content (AvgIpc) is 2.96. The van der Waals surface area contributed by atoms with E-state index in [0.717, 1.165) is 16.0 Å². The number of aromatic nitrogens is 2. The number of thioether (sulfide) groups is 1. The van der Waals surface area contributed by atoms with Crippen LogP contribution >= 0.6 is 23.1 Å². The molecule has 3 aromatic rings. The molecule has 0 aliphatic rings. The molecule has 140 valence electrons. The van der Waals surface area contributed by atoms with Crippen molar-refractivity contribution in [2.75, 3.05) is 6.54 Å². The van der Waals surface area contributed by atoms with Gasteiger partial charge in [-0.3, -0.25) is 9.59 Å². The number of hydrogen-bond acceptors (Lipinski definition) is 5. The normalized spacial score (nSPS) is 12.1. The van der Waals surface area contributed by atoms with E-state index in [1.165, 1.54) is 35.2 Å². The topological polar surface area (TPSA) is 74.8 Å². The third-order valence-electron chi connectivity index (χ3n) is 3.93. The van der Waals surface area contributed by atoms with Gasteiger partial charge in [-0.2, -0.15) is 0 Å². The van der Waals surface area contributed by atoms with E-state index in [9.17, 15) is 14.0 Å². The minimum absolute atomic E-state index is 0.156. The van der Waals surface area contributed by atoms with Crippen molar-refractivity contribution < 1.29 is 9.18 Å². The summed E-state index contributed by atoms with van der Waals surface area (Å²) in [6.45, 7) is 7.60. The lowest BCUT2D eigenvalue weighted by Crippen LogP contribution is -2.31. The molecule has 0 aliphatic carbocycles. The lowest BCUT2D eigenvalue weighted by atomic mass is 10.0. The first kappa shape index (κ1) is 19.3. The monoisotopic (exact) mass is 403 g/mol.